The van der Waals surface area contributed by atoms with Gasteiger partial charge in [0.05, 0.1) is 5.60 Å². The van der Waals surface area contributed by atoms with E-state index < -0.39 is 5.60 Å². The highest BCUT2D eigenvalue weighted by Gasteiger charge is 2.22. The molecular formula is C10H15FOS. The Labute approximate surface area is 82.2 Å². The molecule has 0 aliphatic heterocycles. The van der Waals surface area contributed by atoms with Crippen LogP contribution in [0.2, 0.25) is 0 Å². The predicted octanol–water partition coefficient (Wildman–Crippen LogP) is 3.24. The highest BCUT2D eigenvalue weighted by atomic mass is 32.1. The summed E-state index contributed by atoms with van der Waals surface area (Å²) in [5.74, 6) is -0.0155. The van der Waals surface area contributed by atoms with Gasteiger partial charge in [-0.15, -0.1) is 11.3 Å². The van der Waals surface area contributed by atoms with Crippen molar-refractivity contribution in [3.8, 4) is 0 Å². The topological polar surface area (TPSA) is 20.2 Å². The van der Waals surface area contributed by atoms with Crippen molar-refractivity contribution in [3.63, 3.8) is 0 Å². The van der Waals surface area contributed by atoms with Gasteiger partial charge in [0.2, 0.25) is 0 Å². The first-order valence-corrected chi connectivity index (χ1v) is 5.16. The zero-order valence-corrected chi connectivity index (χ0v) is 9.20. The molecule has 0 unspecified atom stereocenters. The van der Waals surface area contributed by atoms with E-state index >= 15 is 0 Å². The van der Waals surface area contributed by atoms with E-state index in [0.29, 0.717) is 4.88 Å². The number of rotatable bonds is 2. The van der Waals surface area contributed by atoms with Crippen LogP contribution in [0.4, 0.5) is 4.39 Å². The first-order valence-electron chi connectivity index (χ1n) is 4.34. The quantitative estimate of drug-likeness (QED) is 0.780. The van der Waals surface area contributed by atoms with E-state index in [1.807, 2.05) is 13.8 Å². The van der Waals surface area contributed by atoms with Gasteiger partial charge in [0, 0.05) is 9.75 Å². The summed E-state index contributed by atoms with van der Waals surface area (Å²) in [6.45, 7) is 7.23. The summed E-state index contributed by atoms with van der Waals surface area (Å²) in [6, 6.07) is 1.43. The third-order valence-corrected chi connectivity index (χ3v) is 3.56. The first-order chi connectivity index (χ1) is 5.82. The van der Waals surface area contributed by atoms with E-state index in [0.717, 1.165) is 4.88 Å². The van der Waals surface area contributed by atoms with Crippen molar-refractivity contribution in [2.24, 2.45) is 0 Å². The van der Waals surface area contributed by atoms with Crippen LogP contribution < -0.4 is 0 Å². The van der Waals surface area contributed by atoms with E-state index in [1.165, 1.54) is 17.4 Å². The Bertz CT molecular complexity index is 296. The lowest BCUT2D eigenvalue weighted by molar-refractivity contribution is 0.0823. The second-order valence-corrected chi connectivity index (χ2v) is 5.12. The molecule has 0 aromatic carbocycles. The fraction of sp³-hybridized carbons (Fsp3) is 0.600. The molecule has 0 spiro atoms. The molecule has 0 atom stereocenters. The molecule has 1 aromatic rings. The van der Waals surface area contributed by atoms with Crippen LogP contribution in [-0.2, 0) is 5.60 Å². The van der Waals surface area contributed by atoms with Gasteiger partial charge in [0.25, 0.3) is 0 Å². The standard InChI is InChI=1S/C10H15FOS/c1-6(2)9-7(11)5-8(13-9)10(3,4)12/h5-6,12H,1-4H3. The number of thiophene rings is 1. The lowest BCUT2D eigenvalue weighted by Crippen LogP contribution is -2.12. The normalized spacial score (nSPS) is 12.5. The van der Waals surface area contributed by atoms with Crippen LogP contribution >= 0.6 is 11.3 Å². The Balaban J connectivity index is 3.10. The van der Waals surface area contributed by atoms with Crippen molar-refractivity contribution >= 4 is 11.3 Å². The van der Waals surface area contributed by atoms with Crippen LogP contribution in [0.15, 0.2) is 6.07 Å². The summed E-state index contributed by atoms with van der Waals surface area (Å²) in [7, 11) is 0. The molecule has 0 aliphatic rings. The van der Waals surface area contributed by atoms with Crippen LogP contribution in [-0.4, -0.2) is 5.11 Å². The molecule has 0 radical (unpaired) electrons. The maximum atomic E-state index is 13.3. The molecular weight excluding hydrogens is 187 g/mol. The largest absolute Gasteiger partial charge is 0.385 e. The van der Waals surface area contributed by atoms with Crippen molar-refractivity contribution in [1.82, 2.24) is 0 Å². The predicted molar refractivity (Wildman–Crippen MR) is 53.6 cm³/mol. The van der Waals surface area contributed by atoms with Gasteiger partial charge < -0.3 is 5.11 Å². The second kappa shape index (κ2) is 3.39. The fourth-order valence-electron chi connectivity index (χ4n) is 1.08. The van der Waals surface area contributed by atoms with Crippen molar-refractivity contribution in [2.45, 2.75) is 39.2 Å². The lowest BCUT2D eigenvalue weighted by atomic mass is 10.1. The molecule has 1 N–H and O–H groups in total. The Morgan fingerprint density at radius 1 is 1.46 bits per heavy atom. The van der Waals surface area contributed by atoms with Gasteiger partial charge in [0.15, 0.2) is 0 Å². The summed E-state index contributed by atoms with van der Waals surface area (Å²) < 4.78 is 13.3. The van der Waals surface area contributed by atoms with Crippen LogP contribution in [0, 0.1) is 5.82 Å². The van der Waals surface area contributed by atoms with Gasteiger partial charge in [-0.1, -0.05) is 13.8 Å². The van der Waals surface area contributed by atoms with Gasteiger partial charge in [-0.3, -0.25) is 0 Å². The average molecular weight is 202 g/mol. The van der Waals surface area contributed by atoms with Gasteiger partial charge in [0.1, 0.15) is 5.82 Å². The van der Waals surface area contributed by atoms with Gasteiger partial charge in [-0.25, -0.2) is 4.39 Å². The molecule has 0 amide bonds. The summed E-state index contributed by atoms with van der Waals surface area (Å²) in [6.07, 6.45) is 0. The van der Waals surface area contributed by atoms with Crippen LogP contribution in [0.5, 0.6) is 0 Å². The second-order valence-electron chi connectivity index (χ2n) is 4.04. The van der Waals surface area contributed by atoms with Crippen LogP contribution in [0.3, 0.4) is 0 Å². The molecule has 0 saturated heterocycles. The van der Waals surface area contributed by atoms with Crippen LogP contribution in [0.25, 0.3) is 0 Å². The third kappa shape index (κ3) is 2.29. The average Bonchev–Trinajstić information content (AvgIpc) is 2.29. The fourth-order valence-corrected chi connectivity index (χ4v) is 2.12. The van der Waals surface area contributed by atoms with E-state index in [1.54, 1.807) is 13.8 Å². The summed E-state index contributed by atoms with van der Waals surface area (Å²) in [5, 5.41) is 9.65. The van der Waals surface area contributed by atoms with E-state index in [9.17, 15) is 9.50 Å². The van der Waals surface area contributed by atoms with Crippen molar-refractivity contribution < 1.29 is 9.50 Å². The Kier molecular flexibility index (Phi) is 2.78. The highest BCUT2D eigenvalue weighted by molar-refractivity contribution is 7.12. The molecule has 3 heteroatoms. The van der Waals surface area contributed by atoms with Crippen molar-refractivity contribution in [1.29, 1.82) is 0 Å². The number of hydrogen-bond donors (Lipinski definition) is 1. The Hall–Kier alpha value is -0.410. The molecule has 1 nitrogen and oxygen atoms in total. The van der Waals surface area contributed by atoms with Crippen molar-refractivity contribution in [3.05, 3.63) is 21.6 Å². The Morgan fingerprint density at radius 2 is 2.00 bits per heavy atom. The maximum Gasteiger partial charge on any atom is 0.137 e. The molecule has 0 fully saturated rings. The van der Waals surface area contributed by atoms with Crippen LogP contribution in [0.1, 0.15) is 43.4 Å². The lowest BCUT2D eigenvalue weighted by Gasteiger charge is -2.13. The van der Waals surface area contributed by atoms with Gasteiger partial charge in [-0.2, -0.15) is 0 Å². The monoisotopic (exact) mass is 202 g/mol. The first kappa shape index (κ1) is 10.7. The van der Waals surface area contributed by atoms with E-state index in [-0.39, 0.29) is 11.7 Å². The Morgan fingerprint density at radius 3 is 2.23 bits per heavy atom. The smallest absolute Gasteiger partial charge is 0.137 e. The molecule has 74 valence electrons. The summed E-state index contributed by atoms with van der Waals surface area (Å²) in [4.78, 5) is 1.41. The van der Waals surface area contributed by atoms with Gasteiger partial charge >= 0.3 is 0 Å². The zero-order valence-electron chi connectivity index (χ0n) is 8.39. The highest BCUT2D eigenvalue weighted by Crippen LogP contribution is 2.33. The molecule has 1 rings (SSSR count). The zero-order chi connectivity index (χ0) is 10.2. The van der Waals surface area contributed by atoms with Crippen molar-refractivity contribution in [2.75, 3.05) is 0 Å². The summed E-state index contributed by atoms with van der Waals surface area (Å²) >= 11 is 1.35. The molecule has 1 aromatic heterocycles. The third-order valence-electron chi connectivity index (χ3n) is 1.84. The molecule has 0 bridgehead atoms. The minimum absolute atomic E-state index is 0.182. The van der Waals surface area contributed by atoms with Gasteiger partial charge in [-0.05, 0) is 25.8 Å². The minimum atomic E-state index is -0.932. The number of aliphatic hydroxyl groups is 1. The SMILES string of the molecule is CC(C)c1sc(C(C)(C)O)cc1F. The minimum Gasteiger partial charge on any atom is -0.385 e. The molecule has 13 heavy (non-hydrogen) atoms. The van der Waals surface area contributed by atoms with E-state index in [2.05, 4.69) is 0 Å². The maximum absolute atomic E-state index is 13.3. The molecule has 0 saturated carbocycles. The number of hydrogen-bond acceptors (Lipinski definition) is 2. The molecule has 0 aliphatic carbocycles. The molecule has 1 heterocycles. The number of halogens is 1. The van der Waals surface area contributed by atoms with E-state index in [4.69, 9.17) is 0 Å². The summed E-state index contributed by atoms with van der Waals surface area (Å²) in [5.41, 5.74) is -0.932.